The molecule has 0 saturated heterocycles. The Balaban J connectivity index is 2.29. The number of aromatic nitrogens is 1. The first kappa shape index (κ1) is 14.9. The standard InChI is InChI=1S/C13H9BrClN3OS/c14-7-1-4-10(17-6-7)13(19)18-11-5-8(15)2-3-9(11)12(16)20/h1-6H,(H2,16,20)(H,18,19). The average Bonchev–Trinajstić information content (AvgIpc) is 2.39. The van der Waals surface area contributed by atoms with Crippen LogP contribution in [0.5, 0.6) is 0 Å². The van der Waals surface area contributed by atoms with E-state index in [0.29, 0.717) is 16.3 Å². The van der Waals surface area contributed by atoms with E-state index in [1.54, 1.807) is 36.5 Å². The van der Waals surface area contributed by atoms with Crippen molar-refractivity contribution in [3.05, 3.63) is 57.3 Å². The molecule has 1 heterocycles. The number of anilines is 1. The highest BCUT2D eigenvalue weighted by atomic mass is 79.9. The van der Waals surface area contributed by atoms with Gasteiger partial charge in [0.25, 0.3) is 5.91 Å². The molecule has 0 spiro atoms. The molecule has 4 nitrogen and oxygen atoms in total. The summed E-state index contributed by atoms with van der Waals surface area (Å²) in [6.07, 6.45) is 1.54. The Hall–Kier alpha value is -1.50. The van der Waals surface area contributed by atoms with E-state index in [9.17, 15) is 4.79 Å². The lowest BCUT2D eigenvalue weighted by Crippen LogP contribution is -2.18. The number of hydrogen-bond donors (Lipinski definition) is 2. The number of nitrogens with zero attached hydrogens (tertiary/aromatic N) is 1. The molecular formula is C13H9BrClN3OS. The van der Waals surface area contributed by atoms with Crippen LogP contribution in [0.4, 0.5) is 5.69 Å². The summed E-state index contributed by atoms with van der Waals surface area (Å²) in [6, 6.07) is 8.24. The summed E-state index contributed by atoms with van der Waals surface area (Å²) in [5, 5.41) is 3.18. The molecule has 0 radical (unpaired) electrons. The van der Waals surface area contributed by atoms with Gasteiger partial charge in [-0.2, -0.15) is 0 Å². The zero-order valence-corrected chi connectivity index (χ0v) is 13.2. The Labute approximate surface area is 134 Å². The molecule has 3 N–H and O–H groups in total. The number of nitrogens with two attached hydrogens (primary N) is 1. The molecule has 7 heteroatoms. The molecule has 0 aliphatic rings. The van der Waals surface area contributed by atoms with Gasteiger partial charge in [0.2, 0.25) is 0 Å². The normalized spacial score (nSPS) is 10.1. The lowest BCUT2D eigenvalue weighted by atomic mass is 10.1. The minimum absolute atomic E-state index is 0.181. The topological polar surface area (TPSA) is 68.0 Å². The van der Waals surface area contributed by atoms with Crippen molar-refractivity contribution in [3.63, 3.8) is 0 Å². The Morgan fingerprint density at radius 2 is 2.10 bits per heavy atom. The summed E-state index contributed by atoms with van der Waals surface area (Å²) in [5.74, 6) is -0.364. The Morgan fingerprint density at radius 3 is 2.70 bits per heavy atom. The monoisotopic (exact) mass is 369 g/mol. The number of halogens is 2. The lowest BCUT2D eigenvalue weighted by Gasteiger charge is -2.10. The smallest absolute Gasteiger partial charge is 0.274 e. The first-order valence-electron chi connectivity index (χ1n) is 5.49. The minimum atomic E-state index is -0.364. The fourth-order valence-electron chi connectivity index (χ4n) is 1.53. The van der Waals surface area contributed by atoms with Crippen LogP contribution in [0.1, 0.15) is 16.1 Å². The van der Waals surface area contributed by atoms with Crippen LogP contribution >= 0.6 is 39.7 Å². The van der Waals surface area contributed by atoms with Gasteiger partial charge in [0.05, 0.1) is 5.69 Å². The van der Waals surface area contributed by atoms with E-state index in [4.69, 9.17) is 29.6 Å². The molecule has 1 aromatic heterocycles. The summed E-state index contributed by atoms with van der Waals surface area (Å²) in [6.45, 7) is 0. The molecular weight excluding hydrogens is 362 g/mol. The molecule has 0 bridgehead atoms. The van der Waals surface area contributed by atoms with Crippen LogP contribution < -0.4 is 11.1 Å². The number of hydrogen-bond acceptors (Lipinski definition) is 3. The number of amides is 1. The first-order chi connectivity index (χ1) is 9.47. The van der Waals surface area contributed by atoms with Crippen molar-refractivity contribution >= 4 is 56.3 Å². The maximum atomic E-state index is 12.1. The molecule has 0 aliphatic heterocycles. The van der Waals surface area contributed by atoms with Crippen molar-refractivity contribution in [1.82, 2.24) is 4.98 Å². The maximum absolute atomic E-state index is 12.1. The minimum Gasteiger partial charge on any atom is -0.389 e. The van der Waals surface area contributed by atoms with Gasteiger partial charge in [-0.25, -0.2) is 4.98 Å². The molecule has 0 atom stereocenters. The van der Waals surface area contributed by atoms with E-state index in [-0.39, 0.29) is 16.6 Å². The Kier molecular flexibility index (Phi) is 4.69. The van der Waals surface area contributed by atoms with Crippen LogP contribution in [0.25, 0.3) is 0 Å². The molecule has 102 valence electrons. The van der Waals surface area contributed by atoms with E-state index < -0.39 is 0 Å². The fourth-order valence-corrected chi connectivity index (χ4v) is 2.12. The van der Waals surface area contributed by atoms with Crippen LogP contribution in [-0.2, 0) is 0 Å². The molecule has 1 aromatic carbocycles. The Morgan fingerprint density at radius 1 is 1.35 bits per heavy atom. The van der Waals surface area contributed by atoms with Gasteiger partial charge in [-0.15, -0.1) is 0 Å². The first-order valence-corrected chi connectivity index (χ1v) is 7.07. The number of nitrogens with one attached hydrogen (secondary N) is 1. The predicted octanol–water partition coefficient (Wildman–Crippen LogP) is 3.38. The van der Waals surface area contributed by atoms with Gasteiger partial charge in [-0.3, -0.25) is 4.79 Å². The van der Waals surface area contributed by atoms with Crippen molar-refractivity contribution in [2.75, 3.05) is 5.32 Å². The van der Waals surface area contributed by atoms with E-state index in [1.165, 1.54) is 0 Å². The maximum Gasteiger partial charge on any atom is 0.274 e. The van der Waals surface area contributed by atoms with Crippen LogP contribution in [0.15, 0.2) is 41.0 Å². The summed E-state index contributed by atoms with van der Waals surface area (Å²) in [4.78, 5) is 16.3. The van der Waals surface area contributed by atoms with E-state index in [2.05, 4.69) is 26.2 Å². The van der Waals surface area contributed by atoms with Gasteiger partial charge in [-0.1, -0.05) is 23.8 Å². The van der Waals surface area contributed by atoms with Crippen molar-refractivity contribution in [2.45, 2.75) is 0 Å². The zero-order chi connectivity index (χ0) is 14.7. The summed E-state index contributed by atoms with van der Waals surface area (Å²) >= 11 is 14.1. The van der Waals surface area contributed by atoms with Crippen molar-refractivity contribution < 1.29 is 4.79 Å². The third-order valence-electron chi connectivity index (χ3n) is 2.46. The third kappa shape index (κ3) is 3.53. The van der Waals surface area contributed by atoms with Crippen molar-refractivity contribution in [3.8, 4) is 0 Å². The SMILES string of the molecule is NC(=S)c1ccc(Cl)cc1NC(=O)c1ccc(Br)cn1. The predicted molar refractivity (Wildman–Crippen MR) is 87.2 cm³/mol. The molecule has 20 heavy (non-hydrogen) atoms. The quantitative estimate of drug-likeness (QED) is 0.813. The van der Waals surface area contributed by atoms with E-state index in [0.717, 1.165) is 4.47 Å². The lowest BCUT2D eigenvalue weighted by molar-refractivity contribution is 0.102. The molecule has 2 rings (SSSR count). The molecule has 0 aliphatic carbocycles. The molecule has 1 amide bonds. The number of carbonyl (C=O) groups excluding carboxylic acids is 1. The van der Waals surface area contributed by atoms with Crippen LogP contribution in [0.3, 0.4) is 0 Å². The van der Waals surface area contributed by atoms with Crippen molar-refractivity contribution in [1.29, 1.82) is 0 Å². The second-order valence-corrected chi connectivity index (χ2v) is 5.66. The van der Waals surface area contributed by atoms with Gasteiger partial charge in [-0.05, 0) is 46.3 Å². The average molecular weight is 371 g/mol. The highest BCUT2D eigenvalue weighted by molar-refractivity contribution is 9.10. The van der Waals surface area contributed by atoms with Crippen molar-refractivity contribution in [2.24, 2.45) is 5.73 Å². The number of carbonyl (C=O) groups is 1. The summed E-state index contributed by atoms with van der Waals surface area (Å²) in [5.41, 5.74) is 6.90. The van der Waals surface area contributed by atoms with Crippen LogP contribution in [0, 0.1) is 0 Å². The van der Waals surface area contributed by atoms with Gasteiger partial charge in [0.15, 0.2) is 0 Å². The van der Waals surface area contributed by atoms with E-state index >= 15 is 0 Å². The van der Waals surface area contributed by atoms with Gasteiger partial charge < -0.3 is 11.1 Å². The fraction of sp³-hybridized carbons (Fsp3) is 0. The summed E-state index contributed by atoms with van der Waals surface area (Å²) < 4.78 is 0.792. The van der Waals surface area contributed by atoms with Gasteiger partial charge >= 0.3 is 0 Å². The zero-order valence-electron chi connectivity index (χ0n) is 10.1. The number of rotatable bonds is 3. The molecule has 0 fully saturated rings. The highest BCUT2D eigenvalue weighted by Gasteiger charge is 2.12. The molecule has 2 aromatic rings. The highest BCUT2D eigenvalue weighted by Crippen LogP contribution is 2.21. The number of benzene rings is 1. The number of thiocarbonyl (C=S) groups is 1. The van der Waals surface area contributed by atoms with Crippen LogP contribution in [-0.4, -0.2) is 15.9 Å². The molecule has 0 saturated carbocycles. The van der Waals surface area contributed by atoms with Crippen LogP contribution in [0.2, 0.25) is 5.02 Å². The van der Waals surface area contributed by atoms with Gasteiger partial charge in [0, 0.05) is 21.3 Å². The summed E-state index contributed by atoms with van der Waals surface area (Å²) in [7, 11) is 0. The van der Waals surface area contributed by atoms with E-state index in [1.807, 2.05) is 0 Å². The molecule has 0 unspecified atom stereocenters. The second-order valence-electron chi connectivity index (χ2n) is 3.87. The largest absolute Gasteiger partial charge is 0.389 e. The Bertz CT molecular complexity index is 676. The van der Waals surface area contributed by atoms with Gasteiger partial charge in [0.1, 0.15) is 10.7 Å². The number of pyridine rings is 1. The third-order valence-corrected chi connectivity index (χ3v) is 3.38. The second kappa shape index (κ2) is 6.30.